The molecule has 1 N–H and O–H groups in total. The quantitative estimate of drug-likeness (QED) is 0.709. The van der Waals surface area contributed by atoms with Crippen LogP contribution >= 0.6 is 0 Å². The van der Waals surface area contributed by atoms with E-state index in [0.29, 0.717) is 24.2 Å². The molecule has 0 aromatic carbocycles. The average Bonchev–Trinajstić information content (AvgIpc) is 2.66. The third-order valence-corrected chi connectivity index (χ3v) is 5.52. The number of likely N-dealkylation sites (tertiary alicyclic amines) is 1. The maximum Gasteiger partial charge on any atom is 0.127 e. The van der Waals surface area contributed by atoms with Crippen molar-refractivity contribution in [1.29, 1.82) is 0 Å². The van der Waals surface area contributed by atoms with Gasteiger partial charge in [-0.05, 0) is 50.9 Å². The van der Waals surface area contributed by atoms with Crippen molar-refractivity contribution in [2.45, 2.75) is 45.2 Å². The second-order valence-corrected chi connectivity index (χ2v) is 7.18. The Hall–Kier alpha value is -1.23. The van der Waals surface area contributed by atoms with Gasteiger partial charge in [-0.2, -0.15) is 0 Å². The lowest BCUT2D eigenvalue weighted by atomic mass is 9.98. The second-order valence-electron chi connectivity index (χ2n) is 7.18. The van der Waals surface area contributed by atoms with Crippen molar-refractivity contribution < 1.29 is 4.39 Å². The molecule has 2 saturated heterocycles. The topological polar surface area (TPSA) is 18.5 Å². The van der Waals surface area contributed by atoms with Crippen LogP contribution in [0, 0.1) is 0 Å². The Bertz CT molecular complexity index is 515. The summed E-state index contributed by atoms with van der Waals surface area (Å²) < 4.78 is 14.4. The molecule has 1 unspecified atom stereocenters. The van der Waals surface area contributed by atoms with Gasteiger partial charge in [0.2, 0.25) is 0 Å². The molecule has 0 aromatic heterocycles. The van der Waals surface area contributed by atoms with Gasteiger partial charge in [0.1, 0.15) is 5.83 Å². The van der Waals surface area contributed by atoms with Gasteiger partial charge in [-0.3, -0.25) is 9.80 Å². The molecule has 2 aliphatic heterocycles. The van der Waals surface area contributed by atoms with Crippen LogP contribution in [0.4, 0.5) is 4.39 Å². The summed E-state index contributed by atoms with van der Waals surface area (Å²) in [6, 6.07) is 1.34. The van der Waals surface area contributed by atoms with Crippen LogP contribution in [0.15, 0.2) is 48.4 Å². The van der Waals surface area contributed by atoms with Crippen molar-refractivity contribution in [1.82, 2.24) is 15.1 Å². The number of halogens is 1. The maximum absolute atomic E-state index is 14.4. The molecule has 2 heterocycles. The third-order valence-electron chi connectivity index (χ3n) is 5.52. The number of rotatable bonds is 7. The van der Waals surface area contributed by atoms with Crippen molar-refractivity contribution in [2.24, 2.45) is 0 Å². The Morgan fingerprint density at radius 2 is 1.92 bits per heavy atom. The van der Waals surface area contributed by atoms with E-state index in [1.807, 2.05) is 6.92 Å². The highest BCUT2D eigenvalue weighted by Crippen LogP contribution is 2.23. The SMILES string of the molecule is C=C/C(C)=C\C(F)=C(/C=C)CN1CCC(N2CCNCC2CC)CC1. The monoisotopic (exact) mass is 347 g/mol. The van der Waals surface area contributed by atoms with Crippen LogP contribution in [0.1, 0.15) is 33.1 Å². The summed E-state index contributed by atoms with van der Waals surface area (Å²) in [7, 11) is 0. The highest BCUT2D eigenvalue weighted by atomic mass is 19.1. The van der Waals surface area contributed by atoms with Gasteiger partial charge in [-0.25, -0.2) is 4.39 Å². The first-order chi connectivity index (χ1) is 12.1. The number of hydrogen-bond donors (Lipinski definition) is 1. The van der Waals surface area contributed by atoms with Crippen LogP contribution in [0.25, 0.3) is 0 Å². The Morgan fingerprint density at radius 1 is 1.20 bits per heavy atom. The van der Waals surface area contributed by atoms with Crippen molar-refractivity contribution in [3.05, 3.63) is 48.4 Å². The molecule has 0 amide bonds. The molecule has 0 saturated carbocycles. The van der Waals surface area contributed by atoms with Crippen LogP contribution < -0.4 is 5.32 Å². The Labute approximate surface area is 153 Å². The van der Waals surface area contributed by atoms with Gasteiger partial charge < -0.3 is 5.32 Å². The van der Waals surface area contributed by atoms with E-state index >= 15 is 0 Å². The number of nitrogens with zero attached hydrogens (tertiary/aromatic N) is 2. The van der Waals surface area contributed by atoms with Crippen molar-refractivity contribution >= 4 is 0 Å². The van der Waals surface area contributed by atoms with Gasteiger partial charge in [0, 0.05) is 43.8 Å². The molecule has 25 heavy (non-hydrogen) atoms. The summed E-state index contributed by atoms with van der Waals surface area (Å²) in [4.78, 5) is 5.06. The summed E-state index contributed by atoms with van der Waals surface area (Å²) in [5.74, 6) is -0.192. The molecule has 1 atom stereocenters. The van der Waals surface area contributed by atoms with Crippen molar-refractivity contribution in [3.8, 4) is 0 Å². The fourth-order valence-electron chi connectivity index (χ4n) is 3.88. The van der Waals surface area contributed by atoms with Crippen molar-refractivity contribution in [2.75, 3.05) is 39.3 Å². The lowest BCUT2D eigenvalue weighted by Gasteiger charge is -2.44. The Kier molecular flexibility index (Phi) is 8.07. The molecule has 2 rings (SSSR count). The van der Waals surface area contributed by atoms with E-state index in [0.717, 1.165) is 38.3 Å². The second kappa shape index (κ2) is 10.0. The molecular formula is C21H34FN3. The predicted octanol–water partition coefficient (Wildman–Crippen LogP) is 3.68. The minimum absolute atomic E-state index is 0.192. The van der Waals surface area contributed by atoms with E-state index in [2.05, 4.69) is 35.2 Å². The molecule has 0 radical (unpaired) electrons. The first-order valence-electron chi connectivity index (χ1n) is 9.59. The average molecular weight is 348 g/mol. The summed E-state index contributed by atoms with van der Waals surface area (Å²) >= 11 is 0. The molecule has 4 heteroatoms. The van der Waals surface area contributed by atoms with Crippen LogP contribution in [-0.2, 0) is 0 Å². The first kappa shape index (κ1) is 20.1. The number of piperazine rings is 1. The van der Waals surface area contributed by atoms with E-state index in [9.17, 15) is 4.39 Å². The van der Waals surface area contributed by atoms with Crippen LogP contribution in [0.2, 0.25) is 0 Å². The van der Waals surface area contributed by atoms with Gasteiger partial charge in [0.05, 0.1) is 0 Å². The van der Waals surface area contributed by atoms with Gasteiger partial charge in [-0.1, -0.05) is 32.2 Å². The molecule has 2 aliphatic rings. The largest absolute Gasteiger partial charge is 0.314 e. The smallest absolute Gasteiger partial charge is 0.127 e. The van der Waals surface area contributed by atoms with E-state index in [-0.39, 0.29) is 5.83 Å². The normalized spacial score (nSPS) is 25.6. The number of allylic oxidation sites excluding steroid dienone is 4. The zero-order valence-corrected chi connectivity index (χ0v) is 15.9. The zero-order chi connectivity index (χ0) is 18.2. The third kappa shape index (κ3) is 5.63. The minimum atomic E-state index is -0.192. The van der Waals surface area contributed by atoms with E-state index < -0.39 is 0 Å². The summed E-state index contributed by atoms with van der Waals surface area (Å²) in [6.45, 7) is 17.7. The predicted molar refractivity (Wildman–Crippen MR) is 105 cm³/mol. The molecule has 3 nitrogen and oxygen atoms in total. The molecule has 140 valence electrons. The number of nitrogens with one attached hydrogen (secondary N) is 1. The summed E-state index contributed by atoms with van der Waals surface area (Å²) in [5, 5.41) is 3.51. The van der Waals surface area contributed by atoms with Crippen LogP contribution in [0.5, 0.6) is 0 Å². The van der Waals surface area contributed by atoms with E-state index in [1.54, 1.807) is 18.2 Å². The summed E-state index contributed by atoms with van der Waals surface area (Å²) in [6.07, 6.45) is 8.41. The maximum atomic E-state index is 14.4. The lowest BCUT2D eigenvalue weighted by Crippen LogP contribution is -2.57. The Morgan fingerprint density at radius 3 is 2.52 bits per heavy atom. The minimum Gasteiger partial charge on any atom is -0.314 e. The molecule has 0 aliphatic carbocycles. The number of hydrogen-bond acceptors (Lipinski definition) is 3. The molecular weight excluding hydrogens is 313 g/mol. The van der Waals surface area contributed by atoms with Gasteiger partial charge in [0.25, 0.3) is 0 Å². The van der Waals surface area contributed by atoms with Crippen molar-refractivity contribution in [3.63, 3.8) is 0 Å². The fraction of sp³-hybridized carbons (Fsp3) is 0.619. The molecule has 0 bridgehead atoms. The zero-order valence-electron chi connectivity index (χ0n) is 15.9. The van der Waals surface area contributed by atoms with Gasteiger partial charge >= 0.3 is 0 Å². The van der Waals surface area contributed by atoms with E-state index in [1.165, 1.54) is 19.3 Å². The lowest BCUT2D eigenvalue weighted by molar-refractivity contribution is 0.0587. The first-order valence-corrected chi connectivity index (χ1v) is 9.59. The standard InChI is InChI=1S/C21H34FN3/c1-5-17(4)14-21(22)18(6-2)16-24-11-8-20(9-12-24)25-13-10-23-15-19(25)7-3/h5-6,14,19-20,23H,1-2,7-13,15-16H2,3-4H3/b17-14-,21-18-. The number of piperidine rings is 1. The summed E-state index contributed by atoms with van der Waals surface area (Å²) in [5.41, 5.74) is 1.51. The molecule has 0 spiro atoms. The van der Waals surface area contributed by atoms with Gasteiger partial charge in [0.15, 0.2) is 0 Å². The highest BCUT2D eigenvalue weighted by molar-refractivity contribution is 5.33. The highest BCUT2D eigenvalue weighted by Gasteiger charge is 2.30. The fourth-order valence-corrected chi connectivity index (χ4v) is 3.88. The Balaban J connectivity index is 1.92. The molecule has 2 fully saturated rings. The van der Waals surface area contributed by atoms with Crippen LogP contribution in [0.3, 0.4) is 0 Å². The van der Waals surface area contributed by atoms with Gasteiger partial charge in [-0.15, -0.1) is 0 Å². The van der Waals surface area contributed by atoms with E-state index in [4.69, 9.17) is 0 Å². The molecule has 0 aromatic rings. The van der Waals surface area contributed by atoms with Crippen LogP contribution in [-0.4, -0.2) is 61.2 Å².